The summed E-state index contributed by atoms with van der Waals surface area (Å²) in [6.45, 7) is 11.6. The van der Waals surface area contributed by atoms with Crippen LogP contribution >= 0.6 is 0 Å². The molecule has 2 aromatic rings. The van der Waals surface area contributed by atoms with Crippen molar-refractivity contribution in [2.75, 3.05) is 0 Å². The van der Waals surface area contributed by atoms with Crippen LogP contribution in [-0.4, -0.2) is 17.4 Å². The molecule has 0 bridgehead atoms. The van der Waals surface area contributed by atoms with Crippen LogP contribution in [0.15, 0.2) is 78.5 Å². The lowest BCUT2D eigenvalue weighted by Gasteiger charge is -2.17. The van der Waals surface area contributed by atoms with E-state index in [1.54, 1.807) is 26.3 Å². The SMILES string of the molecule is C=C(\C=C/C=N\C=C\c1ccc(C(C)(C)O)cc1)c1ccc(OC(C)C)cc1. The van der Waals surface area contributed by atoms with E-state index in [2.05, 4.69) is 11.6 Å². The molecule has 2 aromatic carbocycles. The van der Waals surface area contributed by atoms with Gasteiger partial charge in [0.2, 0.25) is 0 Å². The van der Waals surface area contributed by atoms with Gasteiger partial charge in [-0.2, -0.15) is 0 Å². The fraction of sp³-hybridized carbons (Fsp3) is 0.240. The Hall–Kier alpha value is -2.91. The van der Waals surface area contributed by atoms with Crippen LogP contribution < -0.4 is 4.74 Å². The molecule has 28 heavy (non-hydrogen) atoms. The third-order valence-electron chi connectivity index (χ3n) is 4.04. The van der Waals surface area contributed by atoms with E-state index in [9.17, 15) is 5.11 Å². The normalized spacial score (nSPS) is 12.5. The van der Waals surface area contributed by atoms with E-state index in [1.807, 2.05) is 80.6 Å². The van der Waals surface area contributed by atoms with E-state index in [-0.39, 0.29) is 6.10 Å². The molecular formula is C25H29NO2. The highest BCUT2D eigenvalue weighted by Crippen LogP contribution is 2.20. The van der Waals surface area contributed by atoms with Gasteiger partial charge in [0, 0.05) is 12.4 Å². The van der Waals surface area contributed by atoms with Crippen LogP contribution in [0.5, 0.6) is 5.75 Å². The molecule has 1 N–H and O–H groups in total. The number of rotatable bonds is 8. The molecule has 0 atom stereocenters. The standard InChI is InChI=1S/C25H29NO2/c1-19(2)28-24-14-10-22(11-15-24)20(3)7-6-17-26-18-16-21-8-12-23(13-9-21)25(4,5)27/h6-19,27H,3H2,1-2,4-5H3/b7-6-,18-16+,26-17-. The number of benzene rings is 2. The van der Waals surface area contributed by atoms with E-state index in [0.29, 0.717) is 0 Å². The summed E-state index contributed by atoms with van der Waals surface area (Å²) in [5.41, 5.74) is 3.05. The van der Waals surface area contributed by atoms with Crippen molar-refractivity contribution in [3.05, 3.63) is 90.2 Å². The number of hydrogen-bond donors (Lipinski definition) is 1. The lowest BCUT2D eigenvalue weighted by molar-refractivity contribution is 0.0786. The van der Waals surface area contributed by atoms with Crippen molar-refractivity contribution in [1.29, 1.82) is 0 Å². The molecule has 0 amide bonds. The van der Waals surface area contributed by atoms with Crippen molar-refractivity contribution in [2.24, 2.45) is 4.99 Å². The Morgan fingerprint density at radius 1 is 1.07 bits per heavy atom. The van der Waals surface area contributed by atoms with Crippen molar-refractivity contribution >= 4 is 17.9 Å². The topological polar surface area (TPSA) is 41.8 Å². The summed E-state index contributed by atoms with van der Waals surface area (Å²) in [6.07, 6.45) is 9.34. The molecular weight excluding hydrogens is 346 g/mol. The van der Waals surface area contributed by atoms with Gasteiger partial charge in [0.25, 0.3) is 0 Å². The highest BCUT2D eigenvalue weighted by Gasteiger charge is 2.14. The predicted molar refractivity (Wildman–Crippen MR) is 120 cm³/mol. The molecule has 3 heteroatoms. The van der Waals surface area contributed by atoms with E-state index in [1.165, 1.54) is 0 Å². The van der Waals surface area contributed by atoms with Crippen LogP contribution in [0.2, 0.25) is 0 Å². The van der Waals surface area contributed by atoms with E-state index >= 15 is 0 Å². The number of hydrogen-bond acceptors (Lipinski definition) is 3. The molecule has 146 valence electrons. The summed E-state index contributed by atoms with van der Waals surface area (Å²) < 4.78 is 5.64. The number of allylic oxidation sites excluding steroid dienone is 3. The van der Waals surface area contributed by atoms with E-state index < -0.39 is 5.60 Å². The number of nitrogens with zero attached hydrogens (tertiary/aromatic N) is 1. The minimum Gasteiger partial charge on any atom is -0.491 e. The highest BCUT2D eigenvalue weighted by atomic mass is 16.5. The van der Waals surface area contributed by atoms with E-state index in [4.69, 9.17) is 4.74 Å². The van der Waals surface area contributed by atoms with Gasteiger partial charge in [0.05, 0.1) is 11.7 Å². The quantitative estimate of drug-likeness (QED) is 0.453. The average molecular weight is 376 g/mol. The molecule has 0 fully saturated rings. The minimum absolute atomic E-state index is 0.165. The third kappa shape index (κ3) is 7.01. The van der Waals surface area contributed by atoms with Crippen LogP contribution in [0.4, 0.5) is 0 Å². The minimum atomic E-state index is -0.824. The Kier molecular flexibility index (Phi) is 7.53. The summed E-state index contributed by atoms with van der Waals surface area (Å²) in [6, 6.07) is 15.7. The number of ether oxygens (including phenoxy) is 1. The Balaban J connectivity index is 1.87. The molecule has 0 aliphatic rings. The van der Waals surface area contributed by atoms with Gasteiger partial charge in [-0.1, -0.05) is 49.1 Å². The summed E-state index contributed by atoms with van der Waals surface area (Å²) in [5.74, 6) is 0.859. The van der Waals surface area contributed by atoms with Gasteiger partial charge in [-0.15, -0.1) is 0 Å². The summed E-state index contributed by atoms with van der Waals surface area (Å²) >= 11 is 0. The number of aliphatic hydroxyl groups is 1. The zero-order valence-electron chi connectivity index (χ0n) is 17.1. The fourth-order valence-electron chi connectivity index (χ4n) is 2.51. The molecule has 0 aliphatic heterocycles. The number of aliphatic imine (C=N–C) groups is 1. The van der Waals surface area contributed by atoms with Crippen molar-refractivity contribution in [3.8, 4) is 5.75 Å². The van der Waals surface area contributed by atoms with Crippen LogP contribution in [-0.2, 0) is 5.60 Å². The largest absolute Gasteiger partial charge is 0.491 e. The maximum atomic E-state index is 9.97. The lowest BCUT2D eigenvalue weighted by Crippen LogP contribution is -2.14. The monoisotopic (exact) mass is 375 g/mol. The van der Waals surface area contributed by atoms with Gasteiger partial charge >= 0.3 is 0 Å². The Bertz CT molecular complexity index is 849. The summed E-state index contributed by atoms with van der Waals surface area (Å²) in [4.78, 5) is 4.25. The second kappa shape index (κ2) is 9.86. The average Bonchev–Trinajstić information content (AvgIpc) is 2.64. The zero-order valence-corrected chi connectivity index (χ0v) is 17.1. The molecule has 3 nitrogen and oxygen atoms in total. The molecule has 0 radical (unpaired) electrons. The molecule has 0 heterocycles. The molecule has 2 rings (SSSR count). The summed E-state index contributed by atoms with van der Waals surface area (Å²) in [7, 11) is 0. The van der Waals surface area contributed by atoms with Gasteiger partial charge in [0.1, 0.15) is 5.75 Å². The zero-order chi connectivity index (χ0) is 20.6. The maximum absolute atomic E-state index is 9.97. The van der Waals surface area contributed by atoms with Crippen LogP contribution in [0, 0.1) is 0 Å². The fourth-order valence-corrected chi connectivity index (χ4v) is 2.51. The van der Waals surface area contributed by atoms with Gasteiger partial charge in [-0.3, -0.25) is 4.99 Å². The highest BCUT2D eigenvalue weighted by molar-refractivity contribution is 5.80. The van der Waals surface area contributed by atoms with Gasteiger partial charge in [-0.25, -0.2) is 0 Å². The molecule has 0 saturated heterocycles. The van der Waals surface area contributed by atoms with E-state index in [0.717, 1.165) is 28.0 Å². The second-order valence-electron chi connectivity index (χ2n) is 7.37. The Morgan fingerprint density at radius 3 is 2.29 bits per heavy atom. The Morgan fingerprint density at radius 2 is 1.71 bits per heavy atom. The smallest absolute Gasteiger partial charge is 0.119 e. The third-order valence-corrected chi connectivity index (χ3v) is 4.04. The van der Waals surface area contributed by atoms with Crippen molar-refractivity contribution in [2.45, 2.75) is 39.4 Å². The summed E-state index contributed by atoms with van der Waals surface area (Å²) in [5, 5.41) is 9.97. The Labute approximate surface area is 168 Å². The van der Waals surface area contributed by atoms with Crippen molar-refractivity contribution in [1.82, 2.24) is 0 Å². The van der Waals surface area contributed by atoms with Crippen LogP contribution in [0.1, 0.15) is 44.4 Å². The first kappa shape index (κ1) is 21.4. The first-order valence-electron chi connectivity index (χ1n) is 9.41. The molecule has 0 aromatic heterocycles. The predicted octanol–water partition coefficient (Wildman–Crippen LogP) is 6.01. The van der Waals surface area contributed by atoms with Gasteiger partial charge in [-0.05, 0) is 74.2 Å². The van der Waals surface area contributed by atoms with Crippen molar-refractivity contribution < 1.29 is 9.84 Å². The van der Waals surface area contributed by atoms with Gasteiger partial charge in [0.15, 0.2) is 0 Å². The molecule has 0 aliphatic carbocycles. The van der Waals surface area contributed by atoms with Crippen LogP contribution in [0.3, 0.4) is 0 Å². The first-order chi connectivity index (χ1) is 13.3. The van der Waals surface area contributed by atoms with Gasteiger partial charge < -0.3 is 9.84 Å². The molecule has 0 spiro atoms. The second-order valence-corrected chi connectivity index (χ2v) is 7.37. The molecule has 0 saturated carbocycles. The maximum Gasteiger partial charge on any atom is 0.119 e. The lowest BCUT2D eigenvalue weighted by atomic mass is 9.97. The molecule has 0 unspecified atom stereocenters. The first-order valence-corrected chi connectivity index (χ1v) is 9.41. The van der Waals surface area contributed by atoms with Crippen LogP contribution in [0.25, 0.3) is 11.6 Å². The van der Waals surface area contributed by atoms with Crippen molar-refractivity contribution in [3.63, 3.8) is 0 Å².